The molecule has 0 bridgehead atoms. The van der Waals surface area contributed by atoms with Gasteiger partial charge in [-0.05, 0) is 56.9 Å². The highest BCUT2D eigenvalue weighted by Crippen LogP contribution is 2.38. The first-order valence-corrected chi connectivity index (χ1v) is 7.07. The molecule has 0 aromatic carbocycles. The summed E-state index contributed by atoms with van der Waals surface area (Å²) in [5, 5.41) is 8.87. The highest BCUT2D eigenvalue weighted by atomic mass is 15.2. The summed E-state index contributed by atoms with van der Waals surface area (Å²) in [6.07, 6.45) is 10.5. The van der Waals surface area contributed by atoms with Gasteiger partial charge in [0.15, 0.2) is 0 Å². The molecule has 0 aromatic heterocycles. The van der Waals surface area contributed by atoms with Gasteiger partial charge in [-0.1, -0.05) is 13.8 Å². The van der Waals surface area contributed by atoms with E-state index < -0.39 is 0 Å². The minimum absolute atomic E-state index is 0.0114. The Labute approximate surface area is 105 Å². The molecule has 96 valence electrons. The van der Waals surface area contributed by atoms with Crippen LogP contribution in [0, 0.1) is 5.92 Å². The van der Waals surface area contributed by atoms with Crippen molar-refractivity contribution in [3.63, 3.8) is 0 Å². The quantitative estimate of drug-likeness (QED) is 0.791. The lowest BCUT2D eigenvalue weighted by Crippen LogP contribution is -2.31. The Kier molecular flexibility index (Phi) is 3.97. The van der Waals surface area contributed by atoms with Gasteiger partial charge >= 0.3 is 0 Å². The zero-order valence-electron chi connectivity index (χ0n) is 11.2. The maximum atomic E-state index is 5.96. The second-order valence-corrected chi connectivity index (χ2v) is 5.63. The van der Waals surface area contributed by atoms with E-state index >= 15 is 0 Å². The zero-order valence-corrected chi connectivity index (χ0v) is 11.2. The van der Waals surface area contributed by atoms with E-state index in [1.54, 1.807) is 0 Å². The van der Waals surface area contributed by atoms with Crippen molar-refractivity contribution in [2.24, 2.45) is 21.9 Å². The SMILES string of the molecule is CCC1=CC(CC)(CC2CCC(N)CC2)N=N1. The number of hydrogen-bond acceptors (Lipinski definition) is 3. The Morgan fingerprint density at radius 3 is 2.53 bits per heavy atom. The molecular weight excluding hydrogens is 210 g/mol. The Hall–Kier alpha value is -0.700. The third kappa shape index (κ3) is 2.95. The van der Waals surface area contributed by atoms with Gasteiger partial charge in [0.05, 0.1) is 5.70 Å². The van der Waals surface area contributed by atoms with Crippen LogP contribution < -0.4 is 5.73 Å². The lowest BCUT2D eigenvalue weighted by Gasteiger charge is -2.31. The molecule has 0 spiro atoms. The fourth-order valence-electron chi connectivity index (χ4n) is 3.01. The van der Waals surface area contributed by atoms with Crippen LogP contribution in [0.4, 0.5) is 0 Å². The van der Waals surface area contributed by atoms with Crippen molar-refractivity contribution >= 4 is 0 Å². The summed E-state index contributed by atoms with van der Waals surface area (Å²) in [7, 11) is 0. The fourth-order valence-corrected chi connectivity index (χ4v) is 3.01. The first-order chi connectivity index (χ1) is 8.17. The lowest BCUT2D eigenvalue weighted by molar-refractivity contribution is 0.266. The van der Waals surface area contributed by atoms with Crippen LogP contribution in [0.3, 0.4) is 0 Å². The smallest absolute Gasteiger partial charge is 0.102 e. The summed E-state index contributed by atoms with van der Waals surface area (Å²) in [5.74, 6) is 0.793. The molecule has 17 heavy (non-hydrogen) atoms. The van der Waals surface area contributed by atoms with Crippen LogP contribution in [0.1, 0.15) is 58.8 Å². The topological polar surface area (TPSA) is 50.7 Å². The maximum Gasteiger partial charge on any atom is 0.102 e. The Balaban J connectivity index is 1.97. The van der Waals surface area contributed by atoms with Crippen LogP contribution in [-0.4, -0.2) is 11.6 Å². The van der Waals surface area contributed by atoms with Gasteiger partial charge < -0.3 is 5.73 Å². The van der Waals surface area contributed by atoms with E-state index in [1.807, 2.05) is 0 Å². The van der Waals surface area contributed by atoms with Gasteiger partial charge in [-0.25, -0.2) is 0 Å². The molecule has 1 aliphatic heterocycles. The normalized spacial score (nSPS) is 37.2. The molecule has 0 saturated heterocycles. The van der Waals surface area contributed by atoms with E-state index in [2.05, 4.69) is 30.2 Å². The molecule has 1 unspecified atom stereocenters. The Morgan fingerprint density at radius 2 is 2.00 bits per heavy atom. The standard InChI is InChI=1S/C14H25N3/c1-3-13-10-14(4-2,17-16-13)9-11-5-7-12(15)8-6-11/h10-12H,3-9,15H2,1-2H3. The van der Waals surface area contributed by atoms with Gasteiger partial charge in [0.2, 0.25) is 0 Å². The van der Waals surface area contributed by atoms with Gasteiger partial charge in [0.25, 0.3) is 0 Å². The molecule has 1 saturated carbocycles. The van der Waals surface area contributed by atoms with Gasteiger partial charge in [0, 0.05) is 6.04 Å². The van der Waals surface area contributed by atoms with Crippen molar-refractivity contribution in [3.8, 4) is 0 Å². The predicted octanol–water partition coefficient (Wildman–Crippen LogP) is 3.80. The molecule has 1 aliphatic carbocycles. The summed E-state index contributed by atoms with van der Waals surface area (Å²) >= 11 is 0. The number of rotatable bonds is 4. The van der Waals surface area contributed by atoms with Crippen LogP contribution in [0.25, 0.3) is 0 Å². The predicted molar refractivity (Wildman–Crippen MR) is 70.8 cm³/mol. The molecule has 2 rings (SSSR count). The third-order valence-corrected chi connectivity index (χ3v) is 4.32. The number of azo groups is 1. The van der Waals surface area contributed by atoms with E-state index in [-0.39, 0.29) is 5.54 Å². The molecule has 1 atom stereocenters. The van der Waals surface area contributed by atoms with Crippen molar-refractivity contribution in [1.82, 2.24) is 0 Å². The van der Waals surface area contributed by atoms with Gasteiger partial charge in [-0.2, -0.15) is 10.2 Å². The van der Waals surface area contributed by atoms with Gasteiger partial charge in [-0.15, -0.1) is 0 Å². The van der Waals surface area contributed by atoms with Crippen molar-refractivity contribution in [2.75, 3.05) is 0 Å². The summed E-state index contributed by atoms with van der Waals surface area (Å²) in [5.41, 5.74) is 7.14. The first-order valence-electron chi connectivity index (χ1n) is 7.07. The van der Waals surface area contributed by atoms with E-state index in [1.165, 1.54) is 37.8 Å². The summed E-state index contributed by atoms with van der Waals surface area (Å²) in [6, 6.07) is 0.441. The summed E-state index contributed by atoms with van der Waals surface area (Å²) in [4.78, 5) is 0. The largest absolute Gasteiger partial charge is 0.328 e. The average Bonchev–Trinajstić information content (AvgIpc) is 2.76. The second kappa shape index (κ2) is 5.30. The zero-order chi connectivity index (χ0) is 12.3. The monoisotopic (exact) mass is 235 g/mol. The van der Waals surface area contributed by atoms with Gasteiger partial charge in [0.1, 0.15) is 5.54 Å². The number of hydrogen-bond donors (Lipinski definition) is 1. The van der Waals surface area contributed by atoms with Gasteiger partial charge in [-0.3, -0.25) is 0 Å². The van der Waals surface area contributed by atoms with Crippen LogP contribution in [0.15, 0.2) is 22.0 Å². The van der Waals surface area contributed by atoms with E-state index in [9.17, 15) is 0 Å². The molecule has 3 nitrogen and oxygen atoms in total. The number of nitrogens with two attached hydrogens (primary N) is 1. The van der Waals surface area contributed by atoms with Crippen molar-refractivity contribution in [3.05, 3.63) is 11.8 Å². The molecule has 3 heteroatoms. The highest BCUT2D eigenvalue weighted by Gasteiger charge is 2.34. The molecule has 0 radical (unpaired) electrons. The van der Waals surface area contributed by atoms with E-state index in [4.69, 9.17) is 5.73 Å². The van der Waals surface area contributed by atoms with E-state index in [0.717, 1.165) is 18.8 Å². The van der Waals surface area contributed by atoms with Crippen LogP contribution >= 0.6 is 0 Å². The summed E-state index contributed by atoms with van der Waals surface area (Å²) < 4.78 is 0. The molecule has 0 aromatic rings. The molecule has 0 amide bonds. The van der Waals surface area contributed by atoms with Crippen molar-refractivity contribution in [1.29, 1.82) is 0 Å². The molecule has 1 heterocycles. The highest BCUT2D eigenvalue weighted by molar-refractivity contribution is 5.17. The van der Waals surface area contributed by atoms with E-state index in [0.29, 0.717) is 6.04 Å². The minimum atomic E-state index is 0.0114. The second-order valence-electron chi connectivity index (χ2n) is 5.63. The average molecular weight is 235 g/mol. The third-order valence-electron chi connectivity index (χ3n) is 4.32. The fraction of sp³-hybridized carbons (Fsp3) is 0.857. The number of allylic oxidation sites excluding steroid dienone is 1. The minimum Gasteiger partial charge on any atom is -0.328 e. The molecular formula is C14H25N3. The Bertz CT molecular complexity index is 313. The summed E-state index contributed by atoms with van der Waals surface area (Å²) in [6.45, 7) is 4.37. The Morgan fingerprint density at radius 1 is 1.29 bits per heavy atom. The van der Waals surface area contributed by atoms with Crippen LogP contribution in [0.5, 0.6) is 0 Å². The molecule has 2 aliphatic rings. The maximum absolute atomic E-state index is 5.96. The van der Waals surface area contributed by atoms with Crippen LogP contribution in [-0.2, 0) is 0 Å². The first kappa shape index (κ1) is 12.7. The molecule has 1 fully saturated rings. The lowest BCUT2D eigenvalue weighted by atomic mass is 9.77. The van der Waals surface area contributed by atoms with Crippen molar-refractivity contribution < 1.29 is 0 Å². The van der Waals surface area contributed by atoms with Crippen LogP contribution in [0.2, 0.25) is 0 Å². The van der Waals surface area contributed by atoms with Crippen molar-refractivity contribution in [2.45, 2.75) is 70.4 Å². The number of nitrogens with zero attached hydrogens (tertiary/aromatic N) is 2. The molecule has 2 N–H and O–H groups in total.